The number of sulfone groups is 1. The van der Waals surface area contributed by atoms with Crippen LogP contribution < -0.4 is 5.32 Å². The van der Waals surface area contributed by atoms with Gasteiger partial charge in [0.2, 0.25) is 9.84 Å². The van der Waals surface area contributed by atoms with Crippen LogP contribution in [0.5, 0.6) is 0 Å². The van der Waals surface area contributed by atoms with Crippen molar-refractivity contribution >= 4 is 39.0 Å². The molecular formula is C25H24N2O2S3. The number of hydrogen-bond acceptors (Lipinski definition) is 6. The van der Waals surface area contributed by atoms with E-state index in [4.69, 9.17) is 0 Å². The van der Waals surface area contributed by atoms with E-state index in [2.05, 4.69) is 17.4 Å². The predicted molar refractivity (Wildman–Crippen MR) is 135 cm³/mol. The number of nitriles is 1. The van der Waals surface area contributed by atoms with Crippen LogP contribution >= 0.6 is 23.5 Å². The Bertz CT molecular complexity index is 1280. The Hall–Kier alpha value is -2.66. The van der Waals surface area contributed by atoms with Gasteiger partial charge in [0.25, 0.3) is 0 Å². The highest BCUT2D eigenvalue weighted by atomic mass is 32.2. The largest absolute Gasteiger partial charge is 0.349 e. The number of allylic oxidation sites excluding steroid dienone is 1. The normalized spacial score (nSPS) is 12.1. The Morgan fingerprint density at radius 3 is 2.44 bits per heavy atom. The molecule has 0 aromatic heterocycles. The molecule has 0 fully saturated rings. The average Bonchev–Trinajstić information content (AvgIpc) is 2.80. The van der Waals surface area contributed by atoms with E-state index in [1.54, 1.807) is 30.0 Å². The summed E-state index contributed by atoms with van der Waals surface area (Å²) >= 11 is 2.91. The number of thioether (sulfide) groups is 2. The van der Waals surface area contributed by atoms with Crippen LogP contribution in [0.4, 0.5) is 5.69 Å². The molecule has 0 unspecified atom stereocenters. The van der Waals surface area contributed by atoms with Crippen LogP contribution in [0.25, 0.3) is 0 Å². The van der Waals surface area contributed by atoms with Crippen LogP contribution in [-0.2, 0) is 15.6 Å². The van der Waals surface area contributed by atoms with Crippen LogP contribution in [0.2, 0.25) is 0 Å². The molecule has 3 rings (SSSR count). The van der Waals surface area contributed by atoms with E-state index in [0.717, 1.165) is 27.3 Å². The van der Waals surface area contributed by atoms with Crippen molar-refractivity contribution in [2.75, 3.05) is 11.6 Å². The summed E-state index contributed by atoms with van der Waals surface area (Å²) in [6.07, 6.45) is 1.98. The van der Waals surface area contributed by atoms with E-state index in [1.165, 1.54) is 23.9 Å². The summed E-state index contributed by atoms with van der Waals surface area (Å²) in [5.41, 5.74) is 4.09. The second kappa shape index (κ2) is 10.8. The van der Waals surface area contributed by atoms with Gasteiger partial charge in [-0.2, -0.15) is 5.26 Å². The van der Waals surface area contributed by atoms with Gasteiger partial charge in [-0.1, -0.05) is 48.0 Å². The van der Waals surface area contributed by atoms with Crippen LogP contribution in [0.3, 0.4) is 0 Å². The molecule has 4 nitrogen and oxygen atoms in total. The molecule has 0 aliphatic heterocycles. The lowest BCUT2D eigenvalue weighted by Crippen LogP contribution is -2.10. The Morgan fingerprint density at radius 1 is 1.00 bits per heavy atom. The quantitative estimate of drug-likeness (QED) is 0.292. The van der Waals surface area contributed by atoms with Crippen LogP contribution in [0.15, 0.2) is 92.5 Å². The number of aryl methyl sites for hydroxylation is 2. The van der Waals surface area contributed by atoms with Gasteiger partial charge in [-0.25, -0.2) is 8.42 Å². The minimum atomic E-state index is -3.98. The number of nitrogens with one attached hydrogen (secondary N) is 1. The summed E-state index contributed by atoms with van der Waals surface area (Å²) in [4.78, 5) is 0.855. The highest BCUT2D eigenvalue weighted by Gasteiger charge is 2.25. The predicted octanol–water partition coefficient (Wildman–Crippen LogP) is 6.54. The molecule has 1 N–H and O–H groups in total. The summed E-state index contributed by atoms with van der Waals surface area (Å²) in [6.45, 7) is 4.05. The number of rotatable bonds is 8. The van der Waals surface area contributed by atoms with Crippen molar-refractivity contribution in [3.63, 3.8) is 0 Å². The highest BCUT2D eigenvalue weighted by Crippen LogP contribution is 2.32. The fourth-order valence-electron chi connectivity index (χ4n) is 3.05. The summed E-state index contributed by atoms with van der Waals surface area (Å²) in [5.74, 6) is 0.535. The highest BCUT2D eigenvalue weighted by molar-refractivity contribution is 8.04. The van der Waals surface area contributed by atoms with Gasteiger partial charge in [0.15, 0.2) is 4.91 Å². The molecule has 0 spiro atoms. The number of anilines is 1. The third kappa shape index (κ3) is 5.77. The third-order valence-electron chi connectivity index (χ3n) is 4.83. The molecule has 0 radical (unpaired) electrons. The Labute approximate surface area is 198 Å². The first kappa shape index (κ1) is 24.0. The SMILES string of the molecule is CSc1cccc(NC(SCc2cc(C)ccc2C)=C(C#N)S(=O)(=O)c2ccccc2)c1. The lowest BCUT2D eigenvalue weighted by Gasteiger charge is -2.15. The van der Waals surface area contributed by atoms with E-state index in [9.17, 15) is 13.7 Å². The second-order valence-electron chi connectivity index (χ2n) is 7.16. The second-order valence-corrected chi connectivity index (χ2v) is 10.9. The van der Waals surface area contributed by atoms with E-state index < -0.39 is 9.84 Å². The summed E-state index contributed by atoms with van der Waals surface area (Å²) in [7, 11) is -3.98. The molecule has 0 saturated carbocycles. The Kier molecular flexibility index (Phi) is 8.08. The lowest BCUT2D eigenvalue weighted by atomic mass is 10.1. The maximum Gasteiger partial charge on any atom is 0.219 e. The fourth-order valence-corrected chi connectivity index (χ4v) is 6.16. The summed E-state index contributed by atoms with van der Waals surface area (Å²) in [5, 5.41) is 13.5. The van der Waals surface area contributed by atoms with E-state index >= 15 is 0 Å². The van der Waals surface area contributed by atoms with Crippen LogP contribution in [0, 0.1) is 25.2 Å². The molecule has 7 heteroatoms. The molecule has 0 atom stereocenters. The number of benzene rings is 3. The van der Waals surface area contributed by atoms with Gasteiger partial charge >= 0.3 is 0 Å². The van der Waals surface area contributed by atoms with Gasteiger partial charge in [0, 0.05) is 16.3 Å². The van der Waals surface area contributed by atoms with Crippen molar-refractivity contribution in [2.24, 2.45) is 0 Å². The molecule has 0 bridgehead atoms. The van der Waals surface area contributed by atoms with Gasteiger partial charge < -0.3 is 5.32 Å². The minimum Gasteiger partial charge on any atom is -0.349 e. The van der Waals surface area contributed by atoms with E-state index in [-0.39, 0.29) is 9.80 Å². The van der Waals surface area contributed by atoms with Crippen molar-refractivity contribution in [1.82, 2.24) is 0 Å². The summed E-state index contributed by atoms with van der Waals surface area (Å²) < 4.78 is 26.6. The first-order valence-electron chi connectivity index (χ1n) is 9.89. The molecule has 0 amide bonds. The third-order valence-corrected chi connectivity index (χ3v) is 8.46. The zero-order valence-electron chi connectivity index (χ0n) is 18.1. The molecule has 32 heavy (non-hydrogen) atoms. The molecule has 3 aromatic rings. The monoisotopic (exact) mass is 480 g/mol. The van der Waals surface area contributed by atoms with Crippen molar-refractivity contribution in [2.45, 2.75) is 29.4 Å². The fraction of sp³-hybridized carbons (Fsp3) is 0.160. The van der Waals surface area contributed by atoms with Crippen LogP contribution in [-0.4, -0.2) is 14.7 Å². The maximum atomic E-state index is 13.3. The Balaban J connectivity index is 2.07. The summed E-state index contributed by atoms with van der Waals surface area (Å²) in [6, 6.07) is 23.9. The van der Waals surface area contributed by atoms with E-state index in [1.807, 2.05) is 56.5 Å². The zero-order valence-corrected chi connectivity index (χ0v) is 20.6. The minimum absolute atomic E-state index is 0.0982. The lowest BCUT2D eigenvalue weighted by molar-refractivity contribution is 0.603. The van der Waals surface area contributed by atoms with Gasteiger partial charge in [-0.05, 0) is 61.6 Å². The van der Waals surface area contributed by atoms with Crippen molar-refractivity contribution in [1.29, 1.82) is 5.26 Å². The number of nitrogens with zero attached hydrogens (tertiary/aromatic N) is 1. The smallest absolute Gasteiger partial charge is 0.219 e. The molecule has 0 aliphatic rings. The van der Waals surface area contributed by atoms with Gasteiger partial charge in [0.05, 0.1) is 4.90 Å². The standard InChI is InChI=1S/C25H24N2O2S3/c1-18-12-13-19(2)20(14-18)17-31-25(27-21-8-7-9-22(15-21)30-3)24(16-26)32(28,29)23-10-5-4-6-11-23/h4-15,27H,17H2,1-3H3. The zero-order chi connectivity index (χ0) is 23.1. The first-order valence-corrected chi connectivity index (χ1v) is 13.6. The van der Waals surface area contributed by atoms with E-state index in [0.29, 0.717) is 10.8 Å². The van der Waals surface area contributed by atoms with Crippen LogP contribution in [0.1, 0.15) is 16.7 Å². The molecular weight excluding hydrogens is 456 g/mol. The molecule has 0 aliphatic carbocycles. The Morgan fingerprint density at radius 2 is 1.75 bits per heavy atom. The number of hydrogen-bond donors (Lipinski definition) is 1. The molecule has 0 heterocycles. The molecule has 164 valence electrons. The molecule has 0 saturated heterocycles. The van der Waals surface area contributed by atoms with Crippen molar-refractivity contribution in [3.05, 3.63) is 99.4 Å². The topological polar surface area (TPSA) is 70.0 Å². The molecule has 3 aromatic carbocycles. The van der Waals surface area contributed by atoms with Gasteiger partial charge in [-0.15, -0.1) is 23.5 Å². The maximum absolute atomic E-state index is 13.3. The van der Waals surface area contributed by atoms with Gasteiger partial charge in [0.1, 0.15) is 11.1 Å². The van der Waals surface area contributed by atoms with Gasteiger partial charge in [-0.3, -0.25) is 0 Å². The first-order chi connectivity index (χ1) is 15.3. The van der Waals surface area contributed by atoms with Crippen molar-refractivity contribution < 1.29 is 8.42 Å². The average molecular weight is 481 g/mol. The van der Waals surface area contributed by atoms with Crippen molar-refractivity contribution in [3.8, 4) is 6.07 Å².